The van der Waals surface area contributed by atoms with Gasteiger partial charge >= 0.3 is 0 Å². The van der Waals surface area contributed by atoms with Crippen molar-refractivity contribution in [3.8, 4) is 0 Å². The average Bonchev–Trinajstić information content (AvgIpc) is 2.52. The van der Waals surface area contributed by atoms with Gasteiger partial charge in [-0.15, -0.1) is 0 Å². The quantitative estimate of drug-likeness (QED) is 0.717. The highest BCUT2D eigenvalue weighted by Gasteiger charge is 2.32. The first kappa shape index (κ1) is 15.4. The summed E-state index contributed by atoms with van der Waals surface area (Å²) in [6.07, 6.45) is 9.09. The molecule has 0 amide bonds. The predicted molar refractivity (Wildman–Crippen MR) is 80.3 cm³/mol. The molecule has 0 bridgehead atoms. The van der Waals surface area contributed by atoms with Crippen LogP contribution in [0.5, 0.6) is 0 Å². The van der Waals surface area contributed by atoms with Crippen LogP contribution in [-0.2, 0) is 4.74 Å². The molecule has 0 atom stereocenters. The molecule has 1 heterocycles. The Hall–Kier alpha value is -1.97. The summed E-state index contributed by atoms with van der Waals surface area (Å²) in [6.45, 7) is 2.17. The van der Waals surface area contributed by atoms with E-state index in [0.29, 0.717) is 23.1 Å². The van der Waals surface area contributed by atoms with E-state index in [1.165, 1.54) is 32.3 Å². The Bertz CT molecular complexity index is 575. The Morgan fingerprint density at radius 3 is 2.52 bits per heavy atom. The van der Waals surface area contributed by atoms with Crippen LogP contribution in [-0.4, -0.2) is 23.7 Å². The maximum atomic E-state index is 12.5. The van der Waals surface area contributed by atoms with Crippen LogP contribution >= 0.6 is 0 Å². The minimum atomic E-state index is -0.210. The maximum absolute atomic E-state index is 12.5. The summed E-state index contributed by atoms with van der Waals surface area (Å²) in [5, 5.41) is 0. The topological polar surface area (TPSA) is 56.3 Å². The number of pyridine rings is 1. The van der Waals surface area contributed by atoms with Gasteiger partial charge in [-0.1, -0.05) is 32.6 Å². The molecular formula is C17H21NO3. The minimum Gasteiger partial charge on any atom is -0.492 e. The molecule has 4 nitrogen and oxygen atoms in total. The number of ether oxygens (including phenoxy) is 1. The zero-order chi connectivity index (χ0) is 15.2. The number of Topliss-reactive ketones (excluding diaryl/α,β-unsaturated/α-hetero) is 2. The lowest BCUT2D eigenvalue weighted by atomic mass is 9.87. The number of carbonyl (C=O) groups is 2. The zero-order valence-corrected chi connectivity index (χ0v) is 12.6. The van der Waals surface area contributed by atoms with Crippen molar-refractivity contribution in [3.63, 3.8) is 0 Å². The summed E-state index contributed by atoms with van der Waals surface area (Å²) in [4.78, 5) is 28.8. The molecule has 0 radical (unpaired) electrons. The summed E-state index contributed by atoms with van der Waals surface area (Å²) < 4.78 is 5.21. The third kappa shape index (κ3) is 3.20. The van der Waals surface area contributed by atoms with E-state index in [0.717, 1.165) is 19.3 Å². The van der Waals surface area contributed by atoms with E-state index in [9.17, 15) is 9.59 Å². The van der Waals surface area contributed by atoms with Gasteiger partial charge in [0.25, 0.3) is 0 Å². The number of nitrogens with zero attached hydrogens (tertiary/aromatic N) is 1. The fraction of sp³-hybridized carbons (Fsp3) is 0.471. The molecule has 1 aromatic heterocycles. The minimum absolute atomic E-state index is 0.120. The first-order valence-corrected chi connectivity index (χ1v) is 7.51. The molecule has 0 unspecified atom stereocenters. The number of ketones is 2. The predicted octanol–water partition coefficient (Wildman–Crippen LogP) is 3.72. The molecule has 0 saturated heterocycles. The fourth-order valence-electron chi connectivity index (χ4n) is 2.65. The van der Waals surface area contributed by atoms with E-state index in [1.54, 1.807) is 6.07 Å². The normalized spacial score (nSPS) is 14.4. The van der Waals surface area contributed by atoms with Crippen LogP contribution < -0.4 is 0 Å². The van der Waals surface area contributed by atoms with Gasteiger partial charge in [-0.2, -0.15) is 0 Å². The Balaban J connectivity index is 2.18. The van der Waals surface area contributed by atoms with Crippen LogP contribution in [0.15, 0.2) is 29.8 Å². The lowest BCUT2D eigenvalue weighted by Crippen LogP contribution is -2.23. The van der Waals surface area contributed by atoms with Crippen LogP contribution in [0.1, 0.15) is 66.2 Å². The van der Waals surface area contributed by atoms with Gasteiger partial charge < -0.3 is 4.74 Å². The van der Waals surface area contributed by atoms with Crippen molar-refractivity contribution < 1.29 is 14.3 Å². The standard InChI is InChI=1S/C17H21NO3/c1-3-4-5-6-7-8-13-15(19)14-11-18-10-9-12(14)16(20)17(13)21-2/h9-11H,3-8H2,1-2H3. The number of hydrogen-bond donors (Lipinski definition) is 0. The molecule has 1 aliphatic rings. The van der Waals surface area contributed by atoms with Crippen LogP contribution in [0, 0.1) is 0 Å². The van der Waals surface area contributed by atoms with E-state index >= 15 is 0 Å². The van der Waals surface area contributed by atoms with Crippen molar-refractivity contribution in [3.05, 3.63) is 40.9 Å². The highest BCUT2D eigenvalue weighted by Crippen LogP contribution is 2.29. The van der Waals surface area contributed by atoms with Crippen molar-refractivity contribution in [2.75, 3.05) is 7.11 Å². The Labute approximate surface area is 125 Å². The van der Waals surface area contributed by atoms with Crippen molar-refractivity contribution >= 4 is 11.6 Å². The molecule has 0 saturated carbocycles. The Morgan fingerprint density at radius 2 is 1.81 bits per heavy atom. The van der Waals surface area contributed by atoms with Crippen molar-refractivity contribution in [2.24, 2.45) is 0 Å². The Morgan fingerprint density at radius 1 is 1.05 bits per heavy atom. The molecule has 112 valence electrons. The largest absolute Gasteiger partial charge is 0.492 e. The third-order valence-electron chi connectivity index (χ3n) is 3.80. The van der Waals surface area contributed by atoms with Crippen molar-refractivity contribution in [1.29, 1.82) is 0 Å². The molecule has 0 aromatic carbocycles. The molecule has 2 rings (SSSR count). The highest BCUT2D eigenvalue weighted by atomic mass is 16.5. The molecule has 0 N–H and O–H groups in total. The van der Waals surface area contributed by atoms with E-state index < -0.39 is 0 Å². The fourth-order valence-corrected chi connectivity index (χ4v) is 2.65. The highest BCUT2D eigenvalue weighted by molar-refractivity contribution is 6.25. The van der Waals surface area contributed by atoms with Crippen LogP contribution in [0.4, 0.5) is 0 Å². The molecule has 0 fully saturated rings. The van der Waals surface area contributed by atoms with E-state index in [1.807, 2.05) is 0 Å². The first-order chi connectivity index (χ1) is 10.2. The van der Waals surface area contributed by atoms with E-state index in [-0.39, 0.29) is 17.3 Å². The summed E-state index contributed by atoms with van der Waals surface area (Å²) in [5.74, 6) is -0.128. The van der Waals surface area contributed by atoms with Gasteiger partial charge in [0.1, 0.15) is 0 Å². The SMILES string of the molecule is CCCCCCCC1=C(OC)C(=O)c2ccncc2C1=O. The second kappa shape index (κ2) is 7.16. The smallest absolute Gasteiger partial charge is 0.228 e. The second-order valence-electron chi connectivity index (χ2n) is 5.26. The van der Waals surface area contributed by atoms with Gasteiger partial charge in [0.05, 0.1) is 12.7 Å². The molecule has 4 heteroatoms. The van der Waals surface area contributed by atoms with Crippen molar-refractivity contribution in [1.82, 2.24) is 4.98 Å². The third-order valence-corrected chi connectivity index (χ3v) is 3.80. The number of rotatable bonds is 7. The Kier molecular flexibility index (Phi) is 5.26. The lowest BCUT2D eigenvalue weighted by molar-refractivity contribution is 0.0902. The summed E-state index contributed by atoms with van der Waals surface area (Å²) >= 11 is 0. The number of fused-ring (bicyclic) bond motifs is 1. The second-order valence-corrected chi connectivity index (χ2v) is 5.26. The first-order valence-electron chi connectivity index (χ1n) is 7.51. The number of carbonyl (C=O) groups excluding carboxylic acids is 2. The van der Waals surface area contributed by atoms with Crippen LogP contribution in [0.25, 0.3) is 0 Å². The van der Waals surface area contributed by atoms with Gasteiger partial charge in [-0.05, 0) is 18.9 Å². The van der Waals surface area contributed by atoms with E-state index in [4.69, 9.17) is 4.74 Å². The van der Waals surface area contributed by atoms with E-state index in [2.05, 4.69) is 11.9 Å². The van der Waals surface area contributed by atoms with Gasteiger partial charge in [-0.25, -0.2) is 0 Å². The molecule has 0 spiro atoms. The van der Waals surface area contributed by atoms with Gasteiger partial charge in [0.15, 0.2) is 11.5 Å². The molecule has 21 heavy (non-hydrogen) atoms. The molecule has 1 aliphatic carbocycles. The van der Waals surface area contributed by atoms with Crippen LogP contribution in [0.2, 0.25) is 0 Å². The maximum Gasteiger partial charge on any atom is 0.228 e. The molecular weight excluding hydrogens is 266 g/mol. The summed E-state index contributed by atoms with van der Waals surface area (Å²) in [5.41, 5.74) is 1.29. The zero-order valence-electron chi connectivity index (χ0n) is 12.6. The van der Waals surface area contributed by atoms with Crippen molar-refractivity contribution in [2.45, 2.75) is 45.4 Å². The number of methoxy groups -OCH3 is 1. The van der Waals surface area contributed by atoms with Gasteiger partial charge in [0, 0.05) is 23.5 Å². The molecule has 0 aliphatic heterocycles. The monoisotopic (exact) mass is 287 g/mol. The average molecular weight is 287 g/mol. The lowest BCUT2D eigenvalue weighted by Gasteiger charge is -2.19. The number of hydrogen-bond acceptors (Lipinski definition) is 4. The van der Waals surface area contributed by atoms with Crippen LogP contribution in [0.3, 0.4) is 0 Å². The summed E-state index contributed by atoms with van der Waals surface area (Å²) in [6, 6.07) is 1.58. The number of aromatic nitrogens is 1. The van der Waals surface area contributed by atoms with Gasteiger partial charge in [-0.3, -0.25) is 14.6 Å². The summed E-state index contributed by atoms with van der Waals surface area (Å²) in [7, 11) is 1.45. The van der Waals surface area contributed by atoms with Gasteiger partial charge in [0.2, 0.25) is 5.78 Å². The number of unbranched alkanes of at least 4 members (excludes halogenated alkanes) is 4. The number of allylic oxidation sites excluding steroid dienone is 2. The molecule has 1 aromatic rings.